The van der Waals surface area contributed by atoms with Crippen LogP contribution in [0.15, 0.2) is 12.2 Å². The number of ether oxygens (including phenoxy) is 1. The van der Waals surface area contributed by atoms with E-state index >= 15 is 0 Å². The average Bonchev–Trinajstić information content (AvgIpc) is 1.97. The molecule has 0 N–H and O–H groups in total. The van der Waals surface area contributed by atoms with Crippen LogP contribution in [-0.2, 0) is 4.74 Å². The van der Waals surface area contributed by atoms with Crippen LogP contribution in [0.1, 0.15) is 48.0 Å². The molecule has 0 spiro atoms. The van der Waals surface area contributed by atoms with Crippen molar-refractivity contribution in [3.05, 3.63) is 12.2 Å². The molecule has 0 radical (unpaired) electrons. The van der Waals surface area contributed by atoms with Gasteiger partial charge in [-0.15, -0.1) is 0 Å². The Hall–Kier alpha value is -0.740. The van der Waals surface area contributed by atoms with Gasteiger partial charge in [0.1, 0.15) is 6.61 Å². The maximum absolute atomic E-state index is 5.46. The fourth-order valence-electron chi connectivity index (χ4n) is 1.35. The lowest BCUT2D eigenvalue weighted by Gasteiger charge is -2.19. The van der Waals surface area contributed by atoms with Crippen LogP contribution in [0.2, 0.25) is 0 Å². The standard InChI is InChI=1S/C15H26O/c1-13(11-15(5,6)7)12-16-10-8-9-14(2,3)4/h1,10-12H2,2-7H3. The largest absolute Gasteiger partial charge is 0.364 e. The van der Waals surface area contributed by atoms with Gasteiger partial charge < -0.3 is 4.74 Å². The van der Waals surface area contributed by atoms with Crippen molar-refractivity contribution in [3.8, 4) is 11.8 Å². The van der Waals surface area contributed by atoms with E-state index in [1.165, 1.54) is 0 Å². The summed E-state index contributed by atoms with van der Waals surface area (Å²) in [5.74, 6) is 6.17. The lowest BCUT2D eigenvalue weighted by Crippen LogP contribution is -2.09. The van der Waals surface area contributed by atoms with Crippen LogP contribution in [0.3, 0.4) is 0 Å². The molecule has 0 atom stereocenters. The number of rotatable bonds is 4. The van der Waals surface area contributed by atoms with Crippen molar-refractivity contribution >= 4 is 0 Å². The zero-order valence-electron chi connectivity index (χ0n) is 11.7. The Balaban J connectivity index is 3.75. The van der Waals surface area contributed by atoms with Gasteiger partial charge in [-0.05, 0) is 32.6 Å². The first-order valence-corrected chi connectivity index (χ1v) is 5.85. The molecule has 0 aromatic heterocycles. The summed E-state index contributed by atoms with van der Waals surface area (Å²) in [6, 6.07) is 0. The summed E-state index contributed by atoms with van der Waals surface area (Å²) in [6.07, 6.45) is 1.000. The average molecular weight is 222 g/mol. The Kier molecular flexibility index (Phi) is 5.83. The second kappa shape index (κ2) is 6.11. The minimum absolute atomic E-state index is 0.0613. The SMILES string of the molecule is C=C(COCC#CC(C)(C)C)CC(C)(C)C. The van der Waals surface area contributed by atoms with E-state index in [-0.39, 0.29) is 10.8 Å². The molecule has 0 bridgehead atoms. The van der Waals surface area contributed by atoms with Crippen LogP contribution in [0.25, 0.3) is 0 Å². The van der Waals surface area contributed by atoms with Crippen molar-refractivity contribution in [2.75, 3.05) is 13.2 Å². The van der Waals surface area contributed by atoms with Gasteiger partial charge in [-0.2, -0.15) is 0 Å². The van der Waals surface area contributed by atoms with Crippen LogP contribution in [0.5, 0.6) is 0 Å². The topological polar surface area (TPSA) is 9.23 Å². The zero-order valence-corrected chi connectivity index (χ0v) is 11.7. The summed E-state index contributed by atoms with van der Waals surface area (Å²) in [5.41, 5.74) is 1.49. The second-order valence-corrected chi connectivity index (χ2v) is 6.53. The Morgan fingerprint density at radius 3 is 2.12 bits per heavy atom. The van der Waals surface area contributed by atoms with Crippen molar-refractivity contribution in [2.24, 2.45) is 10.8 Å². The van der Waals surface area contributed by atoms with Gasteiger partial charge in [-0.25, -0.2) is 0 Å². The first-order chi connectivity index (χ1) is 7.10. The van der Waals surface area contributed by atoms with Gasteiger partial charge in [0.05, 0.1) is 6.61 Å². The van der Waals surface area contributed by atoms with Crippen LogP contribution < -0.4 is 0 Å². The first-order valence-electron chi connectivity index (χ1n) is 5.85. The van der Waals surface area contributed by atoms with E-state index in [1.54, 1.807) is 0 Å². The highest BCUT2D eigenvalue weighted by Gasteiger charge is 2.11. The van der Waals surface area contributed by atoms with Crippen molar-refractivity contribution in [3.63, 3.8) is 0 Å². The molecule has 0 saturated heterocycles. The van der Waals surface area contributed by atoms with Crippen LogP contribution >= 0.6 is 0 Å². The molecule has 0 rings (SSSR count). The summed E-state index contributed by atoms with van der Waals surface area (Å²) in [4.78, 5) is 0. The predicted octanol–water partition coefficient (Wildman–Crippen LogP) is 4.04. The van der Waals surface area contributed by atoms with Crippen molar-refractivity contribution in [1.29, 1.82) is 0 Å². The van der Waals surface area contributed by atoms with Crippen molar-refractivity contribution in [1.82, 2.24) is 0 Å². The molecule has 0 unspecified atom stereocenters. The van der Waals surface area contributed by atoms with Gasteiger partial charge >= 0.3 is 0 Å². The van der Waals surface area contributed by atoms with E-state index in [0.29, 0.717) is 13.2 Å². The molecule has 16 heavy (non-hydrogen) atoms. The molecule has 0 saturated carbocycles. The normalized spacial score (nSPS) is 11.9. The van der Waals surface area contributed by atoms with Gasteiger partial charge in [-0.3, -0.25) is 0 Å². The molecular formula is C15H26O. The predicted molar refractivity (Wildman–Crippen MR) is 71.3 cm³/mol. The summed E-state index contributed by atoms with van der Waals surface area (Å²) in [7, 11) is 0. The van der Waals surface area contributed by atoms with E-state index < -0.39 is 0 Å². The third-order valence-electron chi connectivity index (χ3n) is 1.72. The molecule has 0 fully saturated rings. The van der Waals surface area contributed by atoms with E-state index in [9.17, 15) is 0 Å². The minimum Gasteiger partial charge on any atom is -0.364 e. The van der Waals surface area contributed by atoms with Gasteiger partial charge in [-0.1, -0.05) is 44.8 Å². The molecular weight excluding hydrogens is 196 g/mol. The summed E-state index contributed by atoms with van der Waals surface area (Å²) in [5, 5.41) is 0. The number of hydrogen-bond donors (Lipinski definition) is 0. The molecule has 0 aromatic carbocycles. The smallest absolute Gasteiger partial charge is 0.108 e. The first kappa shape index (κ1) is 15.3. The fourth-order valence-corrected chi connectivity index (χ4v) is 1.35. The maximum Gasteiger partial charge on any atom is 0.108 e. The molecule has 1 nitrogen and oxygen atoms in total. The maximum atomic E-state index is 5.46. The highest BCUT2D eigenvalue weighted by atomic mass is 16.5. The second-order valence-electron chi connectivity index (χ2n) is 6.53. The summed E-state index contributed by atoms with van der Waals surface area (Å²) >= 11 is 0. The van der Waals surface area contributed by atoms with E-state index in [2.05, 4.69) is 60.0 Å². The Morgan fingerprint density at radius 2 is 1.69 bits per heavy atom. The van der Waals surface area contributed by atoms with E-state index in [1.807, 2.05) is 0 Å². The lowest BCUT2D eigenvalue weighted by atomic mass is 9.89. The molecule has 0 aliphatic carbocycles. The Labute approximate surface area is 101 Å². The Morgan fingerprint density at radius 1 is 1.12 bits per heavy atom. The van der Waals surface area contributed by atoms with Gasteiger partial charge in [0.2, 0.25) is 0 Å². The number of hydrogen-bond acceptors (Lipinski definition) is 1. The molecule has 0 aliphatic heterocycles. The quantitative estimate of drug-likeness (QED) is 0.396. The fraction of sp³-hybridized carbons (Fsp3) is 0.733. The van der Waals surface area contributed by atoms with Gasteiger partial charge in [0, 0.05) is 5.41 Å². The van der Waals surface area contributed by atoms with Gasteiger partial charge in [0.25, 0.3) is 0 Å². The van der Waals surface area contributed by atoms with Gasteiger partial charge in [0.15, 0.2) is 0 Å². The van der Waals surface area contributed by atoms with E-state index in [0.717, 1.165) is 12.0 Å². The highest BCUT2D eigenvalue weighted by molar-refractivity contribution is 5.07. The lowest BCUT2D eigenvalue weighted by molar-refractivity contribution is 0.184. The van der Waals surface area contributed by atoms with Crippen molar-refractivity contribution < 1.29 is 4.74 Å². The third-order valence-corrected chi connectivity index (χ3v) is 1.72. The molecule has 1 heteroatoms. The summed E-state index contributed by atoms with van der Waals surface area (Å²) in [6.45, 7) is 18.0. The monoisotopic (exact) mass is 222 g/mol. The molecule has 0 amide bonds. The van der Waals surface area contributed by atoms with E-state index in [4.69, 9.17) is 4.74 Å². The zero-order chi connectivity index (χ0) is 12.8. The minimum atomic E-state index is 0.0613. The molecule has 0 aliphatic rings. The molecule has 92 valence electrons. The van der Waals surface area contributed by atoms with Crippen LogP contribution in [0.4, 0.5) is 0 Å². The Bertz CT molecular complexity index is 275. The molecule has 0 aromatic rings. The van der Waals surface area contributed by atoms with Crippen molar-refractivity contribution in [2.45, 2.75) is 48.0 Å². The molecule has 0 heterocycles. The third kappa shape index (κ3) is 11.3. The van der Waals surface area contributed by atoms with Crippen LogP contribution in [0, 0.1) is 22.7 Å². The summed E-state index contributed by atoms with van der Waals surface area (Å²) < 4.78 is 5.46. The highest BCUT2D eigenvalue weighted by Crippen LogP contribution is 2.22. The van der Waals surface area contributed by atoms with Crippen LogP contribution in [-0.4, -0.2) is 13.2 Å².